The molecule has 0 saturated heterocycles. The molecule has 32 nitrogen and oxygen atoms in total. The van der Waals surface area contributed by atoms with Gasteiger partial charge in [0.25, 0.3) is 22.2 Å². The van der Waals surface area contributed by atoms with Crippen molar-refractivity contribution in [3.8, 4) is 22.7 Å². The van der Waals surface area contributed by atoms with E-state index in [-0.39, 0.29) is 66.9 Å². The zero-order valence-corrected chi connectivity index (χ0v) is 58.4. The van der Waals surface area contributed by atoms with Crippen LogP contribution in [0.5, 0.6) is 0 Å². The average Bonchev–Trinajstić information content (AvgIpc) is 1.62. The number of unbranched alkanes of at least 4 members (excludes halogenated alkanes) is 2. The number of aromatic nitrogens is 20. The SMILES string of the molecule is CC(C)CNC(=O)n1ncc2c3[nH]n(-c4ccc(F)cc4F)c(=O)c3cnc21.CCCCNC(=O)n1ncc2c3[nH]n(-c4ccc(Cl)cc4F)c(=O)c3cnc21.CCCCNC(=O)n1ncc2c3[nH]n(-c4ccccc4F)c(=O)c3cnc21.CCNC(=O)n1ncc2c3[nH]n(-c4ccccc4F)c(=O)c3cnc21. The number of amides is 4. The lowest BCUT2D eigenvalue weighted by molar-refractivity contribution is 0.238. The van der Waals surface area contributed by atoms with Gasteiger partial charge in [-0.15, -0.1) is 0 Å². The van der Waals surface area contributed by atoms with Gasteiger partial charge in [0, 0.05) is 62.1 Å². The van der Waals surface area contributed by atoms with Crippen molar-refractivity contribution < 1.29 is 41.1 Å². The molecule has 12 heterocycles. The number of carbonyl (C=O) groups excluding carboxylic acids is 4. The van der Waals surface area contributed by atoms with E-state index in [9.17, 15) is 60.3 Å². The first-order valence-electron chi connectivity index (χ1n) is 33.5. The fourth-order valence-corrected chi connectivity index (χ4v) is 11.7. The molecule has 0 radical (unpaired) electrons. The number of fused-ring (bicyclic) bond motifs is 12. The Bertz CT molecular complexity index is 6450. The molecule has 4 aromatic carbocycles. The average molecular weight is 1500 g/mol. The predicted molar refractivity (Wildman–Crippen MR) is 390 cm³/mol. The molecule has 38 heteroatoms. The van der Waals surface area contributed by atoms with Crippen molar-refractivity contribution in [3.05, 3.63) is 210 Å². The molecule has 552 valence electrons. The molecule has 12 aromatic heterocycles. The molecule has 16 aromatic rings. The Balaban J connectivity index is 0.000000127. The number of benzene rings is 4. The summed E-state index contributed by atoms with van der Waals surface area (Å²) in [4.78, 5) is 116. The van der Waals surface area contributed by atoms with E-state index < -0.39 is 69.4 Å². The number of pyridine rings is 4. The highest BCUT2D eigenvalue weighted by Gasteiger charge is 2.25. The van der Waals surface area contributed by atoms with Crippen LogP contribution >= 0.6 is 11.6 Å². The van der Waals surface area contributed by atoms with Crippen LogP contribution < -0.4 is 43.5 Å². The third kappa shape index (κ3) is 13.8. The van der Waals surface area contributed by atoms with Crippen LogP contribution in [0.15, 0.2) is 154 Å². The second-order valence-electron chi connectivity index (χ2n) is 24.6. The van der Waals surface area contributed by atoms with E-state index in [1.165, 1.54) is 86.0 Å². The Morgan fingerprint density at radius 3 is 1.06 bits per heavy atom. The number of H-pyrrole nitrogens is 4. The second kappa shape index (κ2) is 30.5. The number of hydrogen-bond donors (Lipinski definition) is 8. The van der Waals surface area contributed by atoms with E-state index in [2.05, 4.69) is 82.0 Å². The number of halogens is 6. The van der Waals surface area contributed by atoms with E-state index in [4.69, 9.17) is 11.6 Å². The van der Waals surface area contributed by atoms with Crippen molar-refractivity contribution in [2.75, 3.05) is 26.2 Å². The minimum Gasteiger partial charge on any atom is -0.336 e. The normalized spacial score (nSPS) is 11.4. The third-order valence-electron chi connectivity index (χ3n) is 16.9. The molecule has 0 aliphatic heterocycles. The van der Waals surface area contributed by atoms with Gasteiger partial charge in [-0.25, -0.2) is 79.8 Å². The van der Waals surface area contributed by atoms with Crippen LogP contribution in [0.1, 0.15) is 60.3 Å². The lowest BCUT2D eigenvalue weighted by Gasteiger charge is -2.07. The Hall–Kier alpha value is -13.7. The number of nitrogens with one attached hydrogen (secondary N) is 8. The fraction of sp³-hybridized carbons (Fsp3) is 0.200. The highest BCUT2D eigenvalue weighted by molar-refractivity contribution is 6.30. The summed E-state index contributed by atoms with van der Waals surface area (Å²) < 4.78 is 78.5. The van der Waals surface area contributed by atoms with E-state index in [0.717, 1.165) is 81.3 Å². The van der Waals surface area contributed by atoms with E-state index in [1.54, 1.807) is 31.2 Å². The van der Waals surface area contributed by atoms with Gasteiger partial charge in [-0.05, 0) is 80.3 Å². The van der Waals surface area contributed by atoms with Crippen molar-refractivity contribution >= 4 is 123 Å². The number of hydrogen-bond acceptors (Lipinski definition) is 16. The third-order valence-corrected chi connectivity index (χ3v) is 17.1. The highest BCUT2D eigenvalue weighted by atomic mass is 35.5. The Morgan fingerprint density at radius 1 is 0.407 bits per heavy atom. The molecule has 0 aliphatic rings. The molecule has 108 heavy (non-hydrogen) atoms. The van der Waals surface area contributed by atoms with Crippen LogP contribution in [-0.4, -0.2) is 148 Å². The van der Waals surface area contributed by atoms with Gasteiger partial charge in [-0.2, -0.15) is 39.1 Å². The number of aromatic amines is 4. The maximum atomic E-state index is 14.3. The smallest absolute Gasteiger partial charge is 0.336 e. The predicted octanol–water partition coefficient (Wildman–Crippen LogP) is 10.1. The number of nitrogens with zero attached hydrogens (tertiary/aromatic N) is 16. The molecule has 0 atom stereocenters. The van der Waals surface area contributed by atoms with Crippen molar-refractivity contribution in [2.45, 2.75) is 60.3 Å². The van der Waals surface area contributed by atoms with Crippen molar-refractivity contribution in [3.63, 3.8) is 0 Å². The first kappa shape index (κ1) is 72.6. The van der Waals surface area contributed by atoms with Crippen LogP contribution in [0.2, 0.25) is 5.02 Å². The maximum absolute atomic E-state index is 14.3. The summed E-state index contributed by atoms with van der Waals surface area (Å²) in [5.41, 5.74) is 1.06. The zero-order chi connectivity index (χ0) is 76.4. The molecule has 16 rings (SSSR count). The van der Waals surface area contributed by atoms with Gasteiger partial charge in [0.2, 0.25) is 0 Å². The molecular formula is C70H62ClF5N24O8. The van der Waals surface area contributed by atoms with E-state index >= 15 is 0 Å². The van der Waals surface area contributed by atoms with Crippen molar-refractivity contribution in [1.29, 1.82) is 0 Å². The van der Waals surface area contributed by atoms with Crippen LogP contribution in [0.25, 0.3) is 110 Å². The number of rotatable bonds is 13. The molecule has 0 saturated carbocycles. The zero-order valence-electron chi connectivity index (χ0n) is 57.6. The standard InChI is InChI=1S/C18H16ClFN6O2.C18H16F2N6O2.C18H17FN6O2.C16H13FN6O2/c1-2-3-6-21-18(28)26-16-11(9-23-26)15-12(8-22-16)17(27)25(24-15)14-5-4-10(19)7-13(14)20;1-9(2)6-22-18(28)26-16-11(8-23-26)15-12(7-21-16)17(27)25(24-15)14-4-3-10(19)5-13(14)20;1-2-3-8-20-18(27)25-16-11(10-22-25)15-12(9-21-16)17(26)24(23-15)14-7-5-4-6-13(14)19;1-2-18-16(25)23-14-9(8-20-23)13-10(7-19-14)15(24)22(21-13)12-6-4-3-5-11(12)17/h4-5,7-9,24H,2-3,6H2,1H3,(H,21,28);3-5,7-9,24H,6H2,1-2H3,(H,22,28);4-7,9-10,23H,2-3,8H2,1H3,(H,20,27);3-8,21H,2H2,1H3,(H,18,25). The summed E-state index contributed by atoms with van der Waals surface area (Å²) in [6.07, 6.45) is 14.7. The summed E-state index contributed by atoms with van der Waals surface area (Å²) in [6.45, 7) is 11.8. The first-order chi connectivity index (χ1) is 52.1. The molecule has 8 N–H and O–H groups in total. The Labute approximate surface area is 606 Å². The minimum absolute atomic E-state index is 0.0310. The molecular weight excluding hydrogens is 1440 g/mol. The second-order valence-corrected chi connectivity index (χ2v) is 25.0. The van der Waals surface area contributed by atoms with Crippen LogP contribution in [0.3, 0.4) is 0 Å². The van der Waals surface area contributed by atoms with Crippen LogP contribution in [-0.2, 0) is 0 Å². The summed E-state index contributed by atoms with van der Waals surface area (Å²) in [5, 5.41) is 41.8. The largest absolute Gasteiger partial charge is 0.344 e. The Kier molecular flexibility index (Phi) is 20.5. The van der Waals surface area contributed by atoms with Crippen LogP contribution in [0.4, 0.5) is 41.1 Å². The minimum atomic E-state index is -0.887. The van der Waals surface area contributed by atoms with Gasteiger partial charge in [-0.3, -0.25) is 39.6 Å². The Morgan fingerprint density at radius 2 is 0.731 bits per heavy atom. The van der Waals surface area contributed by atoms with Gasteiger partial charge in [0.15, 0.2) is 28.4 Å². The van der Waals surface area contributed by atoms with Crippen molar-refractivity contribution in [2.24, 2.45) is 5.92 Å². The van der Waals surface area contributed by atoms with Gasteiger partial charge in [0.1, 0.15) is 46.0 Å². The summed E-state index contributed by atoms with van der Waals surface area (Å²) in [6, 6.07) is 17.2. The lowest BCUT2D eigenvalue weighted by Crippen LogP contribution is -2.32. The van der Waals surface area contributed by atoms with Gasteiger partial charge < -0.3 is 21.3 Å². The van der Waals surface area contributed by atoms with E-state index in [1.807, 2.05) is 27.7 Å². The molecule has 0 bridgehead atoms. The first-order valence-corrected chi connectivity index (χ1v) is 33.9. The van der Waals surface area contributed by atoms with Crippen molar-refractivity contribution in [1.82, 2.24) is 119 Å². The topological polar surface area (TPSA) is 390 Å². The fourth-order valence-electron chi connectivity index (χ4n) is 11.5. The molecule has 0 aliphatic carbocycles. The summed E-state index contributed by atoms with van der Waals surface area (Å²) in [5.74, 6) is -3.07. The highest BCUT2D eigenvalue weighted by Crippen LogP contribution is 2.27. The van der Waals surface area contributed by atoms with Gasteiger partial charge in [0.05, 0.1) is 89.9 Å². The monoisotopic (exact) mass is 1500 g/mol. The van der Waals surface area contributed by atoms with Gasteiger partial charge >= 0.3 is 24.1 Å². The summed E-state index contributed by atoms with van der Waals surface area (Å²) in [7, 11) is 0. The number of para-hydroxylation sites is 2. The molecule has 4 amide bonds. The molecule has 0 unspecified atom stereocenters. The maximum Gasteiger partial charge on any atom is 0.344 e. The summed E-state index contributed by atoms with van der Waals surface area (Å²) >= 11 is 5.78. The quantitative estimate of drug-likeness (QED) is 0.0393. The molecule has 0 spiro atoms. The van der Waals surface area contributed by atoms with E-state index in [0.29, 0.717) is 92.8 Å². The number of carbonyl (C=O) groups is 4. The lowest BCUT2D eigenvalue weighted by atomic mass is 10.2. The van der Waals surface area contributed by atoms with Gasteiger partial charge in [-0.1, -0.05) is 76.4 Å². The molecule has 0 fully saturated rings. The van der Waals surface area contributed by atoms with Crippen LogP contribution in [0, 0.1) is 35.0 Å².